The Labute approximate surface area is 109 Å². The van der Waals surface area contributed by atoms with E-state index in [4.69, 9.17) is 15.2 Å². The van der Waals surface area contributed by atoms with Crippen LogP contribution in [-0.4, -0.2) is 13.2 Å². The number of nitrogen functional groups attached to an aromatic ring is 1. The Bertz CT molecular complexity index is 544. The standard InChI is InChI=1S/C14H13F2NO2/c15-13-6-5-12(9-14(13)16)19-8-7-18-11-3-1-10(17)2-4-11/h1-6,9H,7-8,17H2. The normalized spacial score (nSPS) is 10.2. The van der Waals surface area contributed by atoms with Gasteiger partial charge in [-0.05, 0) is 36.4 Å². The van der Waals surface area contributed by atoms with Gasteiger partial charge in [-0.3, -0.25) is 0 Å². The molecule has 0 unspecified atom stereocenters. The molecule has 3 nitrogen and oxygen atoms in total. The van der Waals surface area contributed by atoms with E-state index in [9.17, 15) is 8.78 Å². The molecule has 2 aromatic rings. The van der Waals surface area contributed by atoms with Crippen LogP contribution in [0.2, 0.25) is 0 Å². The first-order chi connectivity index (χ1) is 9.15. The highest BCUT2D eigenvalue weighted by Crippen LogP contribution is 2.16. The number of benzene rings is 2. The first-order valence-electron chi connectivity index (χ1n) is 5.71. The molecular weight excluding hydrogens is 252 g/mol. The van der Waals surface area contributed by atoms with Crippen molar-refractivity contribution in [3.63, 3.8) is 0 Å². The molecule has 0 aliphatic carbocycles. The number of ether oxygens (including phenoxy) is 2. The van der Waals surface area contributed by atoms with Gasteiger partial charge in [0.15, 0.2) is 11.6 Å². The van der Waals surface area contributed by atoms with E-state index in [1.807, 2.05) is 0 Å². The van der Waals surface area contributed by atoms with Gasteiger partial charge in [-0.25, -0.2) is 8.78 Å². The second-order valence-corrected chi connectivity index (χ2v) is 3.84. The van der Waals surface area contributed by atoms with Crippen molar-refractivity contribution in [1.29, 1.82) is 0 Å². The van der Waals surface area contributed by atoms with Crippen molar-refractivity contribution >= 4 is 5.69 Å². The summed E-state index contributed by atoms with van der Waals surface area (Å²) in [6.07, 6.45) is 0. The summed E-state index contributed by atoms with van der Waals surface area (Å²) < 4.78 is 36.2. The summed E-state index contributed by atoms with van der Waals surface area (Å²) in [5, 5.41) is 0. The molecule has 0 amide bonds. The van der Waals surface area contributed by atoms with E-state index in [1.54, 1.807) is 24.3 Å². The summed E-state index contributed by atoms with van der Waals surface area (Å²) in [5.41, 5.74) is 6.20. The SMILES string of the molecule is Nc1ccc(OCCOc2ccc(F)c(F)c2)cc1. The van der Waals surface area contributed by atoms with Crippen LogP contribution in [-0.2, 0) is 0 Å². The van der Waals surface area contributed by atoms with Crippen LogP contribution < -0.4 is 15.2 Å². The lowest BCUT2D eigenvalue weighted by Gasteiger charge is -2.08. The zero-order valence-electron chi connectivity index (χ0n) is 10.1. The molecule has 0 radical (unpaired) electrons. The minimum atomic E-state index is -0.933. The van der Waals surface area contributed by atoms with Crippen molar-refractivity contribution in [1.82, 2.24) is 0 Å². The molecule has 5 heteroatoms. The fourth-order valence-corrected chi connectivity index (χ4v) is 1.45. The van der Waals surface area contributed by atoms with E-state index in [0.717, 1.165) is 12.1 Å². The lowest BCUT2D eigenvalue weighted by atomic mass is 10.3. The van der Waals surface area contributed by atoms with E-state index >= 15 is 0 Å². The maximum atomic E-state index is 12.9. The van der Waals surface area contributed by atoms with Gasteiger partial charge >= 0.3 is 0 Å². The van der Waals surface area contributed by atoms with Crippen LogP contribution in [0.15, 0.2) is 42.5 Å². The van der Waals surface area contributed by atoms with Crippen LogP contribution in [0.4, 0.5) is 14.5 Å². The Kier molecular flexibility index (Phi) is 4.18. The molecule has 0 atom stereocenters. The van der Waals surface area contributed by atoms with E-state index in [-0.39, 0.29) is 12.4 Å². The zero-order valence-corrected chi connectivity index (χ0v) is 10.1. The lowest BCUT2D eigenvalue weighted by Crippen LogP contribution is -2.09. The Morgan fingerprint density at radius 2 is 1.37 bits per heavy atom. The maximum Gasteiger partial charge on any atom is 0.162 e. The van der Waals surface area contributed by atoms with Gasteiger partial charge in [-0.1, -0.05) is 0 Å². The summed E-state index contributed by atoms with van der Waals surface area (Å²) in [7, 11) is 0. The van der Waals surface area contributed by atoms with Gasteiger partial charge in [-0.15, -0.1) is 0 Å². The summed E-state index contributed by atoms with van der Waals surface area (Å²) in [6, 6.07) is 10.3. The number of anilines is 1. The third-order valence-electron chi connectivity index (χ3n) is 2.39. The van der Waals surface area contributed by atoms with Crippen LogP contribution in [0.5, 0.6) is 11.5 Å². The fraction of sp³-hybridized carbons (Fsp3) is 0.143. The highest BCUT2D eigenvalue weighted by atomic mass is 19.2. The summed E-state index contributed by atoms with van der Waals surface area (Å²) in [4.78, 5) is 0. The van der Waals surface area contributed by atoms with Gasteiger partial charge in [0.05, 0.1) is 0 Å². The molecule has 0 bridgehead atoms. The summed E-state index contributed by atoms with van der Waals surface area (Å²) in [5.74, 6) is -0.898. The molecule has 19 heavy (non-hydrogen) atoms. The Balaban J connectivity index is 1.77. The summed E-state index contributed by atoms with van der Waals surface area (Å²) >= 11 is 0. The van der Waals surface area contributed by atoms with Crippen LogP contribution in [0.25, 0.3) is 0 Å². The number of hydrogen-bond donors (Lipinski definition) is 1. The minimum Gasteiger partial charge on any atom is -0.490 e. The van der Waals surface area contributed by atoms with Crippen LogP contribution in [0.3, 0.4) is 0 Å². The average Bonchev–Trinajstić information content (AvgIpc) is 2.41. The Hall–Kier alpha value is -2.30. The number of nitrogens with two attached hydrogens (primary N) is 1. The monoisotopic (exact) mass is 265 g/mol. The molecule has 0 saturated heterocycles. The van der Waals surface area contributed by atoms with Gasteiger partial charge in [-0.2, -0.15) is 0 Å². The van der Waals surface area contributed by atoms with Crippen molar-refractivity contribution in [3.05, 3.63) is 54.1 Å². The van der Waals surface area contributed by atoms with Crippen molar-refractivity contribution in [2.24, 2.45) is 0 Å². The first-order valence-corrected chi connectivity index (χ1v) is 5.71. The van der Waals surface area contributed by atoms with Crippen molar-refractivity contribution < 1.29 is 18.3 Å². The highest BCUT2D eigenvalue weighted by molar-refractivity contribution is 5.41. The van der Waals surface area contributed by atoms with E-state index in [1.165, 1.54) is 6.07 Å². The Morgan fingerprint density at radius 3 is 2.00 bits per heavy atom. The quantitative estimate of drug-likeness (QED) is 0.667. The van der Waals surface area contributed by atoms with Crippen molar-refractivity contribution in [2.75, 3.05) is 18.9 Å². The molecule has 0 heterocycles. The topological polar surface area (TPSA) is 44.5 Å². The van der Waals surface area contributed by atoms with Gasteiger partial charge in [0.25, 0.3) is 0 Å². The largest absolute Gasteiger partial charge is 0.490 e. The average molecular weight is 265 g/mol. The number of hydrogen-bond acceptors (Lipinski definition) is 3. The van der Waals surface area contributed by atoms with Crippen LogP contribution in [0, 0.1) is 11.6 Å². The molecule has 100 valence electrons. The van der Waals surface area contributed by atoms with E-state index in [0.29, 0.717) is 18.0 Å². The molecule has 2 aromatic carbocycles. The number of rotatable bonds is 5. The number of halogens is 2. The van der Waals surface area contributed by atoms with Crippen molar-refractivity contribution in [3.8, 4) is 11.5 Å². The molecule has 2 N–H and O–H groups in total. The second-order valence-electron chi connectivity index (χ2n) is 3.84. The Morgan fingerprint density at radius 1 is 0.789 bits per heavy atom. The van der Waals surface area contributed by atoms with Gasteiger partial charge in [0.2, 0.25) is 0 Å². The molecule has 2 rings (SSSR count). The van der Waals surface area contributed by atoms with E-state index in [2.05, 4.69) is 0 Å². The zero-order chi connectivity index (χ0) is 13.7. The fourth-order valence-electron chi connectivity index (χ4n) is 1.45. The maximum absolute atomic E-state index is 12.9. The molecule has 0 saturated carbocycles. The molecule has 0 aliphatic heterocycles. The molecule has 0 fully saturated rings. The van der Waals surface area contributed by atoms with E-state index < -0.39 is 11.6 Å². The van der Waals surface area contributed by atoms with Crippen molar-refractivity contribution in [2.45, 2.75) is 0 Å². The predicted octanol–water partition coefficient (Wildman–Crippen LogP) is 3.00. The highest BCUT2D eigenvalue weighted by Gasteiger charge is 2.03. The van der Waals surface area contributed by atoms with Crippen LogP contribution in [0.1, 0.15) is 0 Å². The lowest BCUT2D eigenvalue weighted by molar-refractivity contribution is 0.216. The van der Waals surface area contributed by atoms with Gasteiger partial charge in [0.1, 0.15) is 24.7 Å². The molecular formula is C14H13F2NO2. The van der Waals surface area contributed by atoms with Gasteiger partial charge < -0.3 is 15.2 Å². The molecule has 0 aromatic heterocycles. The second kappa shape index (κ2) is 6.04. The predicted molar refractivity (Wildman–Crippen MR) is 68.2 cm³/mol. The third kappa shape index (κ3) is 3.84. The molecule has 0 spiro atoms. The first kappa shape index (κ1) is 13.1. The van der Waals surface area contributed by atoms with Gasteiger partial charge in [0, 0.05) is 11.8 Å². The smallest absolute Gasteiger partial charge is 0.162 e. The summed E-state index contributed by atoms with van der Waals surface area (Å²) in [6.45, 7) is 0.526. The molecule has 0 aliphatic rings. The third-order valence-corrected chi connectivity index (χ3v) is 2.39. The minimum absolute atomic E-state index is 0.232. The van der Waals surface area contributed by atoms with Crippen LogP contribution >= 0.6 is 0 Å².